The third-order valence-corrected chi connectivity index (χ3v) is 17.9. The largest absolute Gasteiger partial charge is 0.457 e. The molecule has 360 valence electrons. The summed E-state index contributed by atoms with van der Waals surface area (Å²) in [4.78, 5) is 5.12. The Balaban J connectivity index is 0.954. The number of hydrogen-bond donors (Lipinski definition) is 0. The normalized spacial score (nSPS) is 14.0. The molecule has 0 fully saturated rings. The van der Waals surface area contributed by atoms with E-state index < -0.39 is 10.8 Å². The molecule has 0 amide bonds. The molecule has 4 aliphatic rings. The highest BCUT2D eigenvalue weighted by Gasteiger charge is 2.53. The first-order chi connectivity index (χ1) is 38.2. The summed E-state index contributed by atoms with van der Waals surface area (Å²) in [6.07, 6.45) is 0. The van der Waals surface area contributed by atoms with Gasteiger partial charge in [0.05, 0.1) is 16.5 Å². The number of fused-ring (bicyclic) bond motifs is 18. The lowest BCUT2D eigenvalue weighted by Gasteiger charge is -2.40. The number of hydrogen-bond acceptors (Lipinski definition) is 3. The van der Waals surface area contributed by atoms with E-state index in [-0.39, 0.29) is 0 Å². The topological polar surface area (TPSA) is 12.5 Å². The Morgan fingerprint density at radius 1 is 0.273 bits per heavy atom. The summed E-state index contributed by atoms with van der Waals surface area (Å²) in [5, 5.41) is 0. The number of ether oxygens (including phenoxy) is 1. The van der Waals surface area contributed by atoms with Gasteiger partial charge >= 0.3 is 0 Å². The summed E-state index contributed by atoms with van der Waals surface area (Å²) >= 11 is 1.88. The molecular formula is C74H47NOS. The van der Waals surface area contributed by atoms with Crippen LogP contribution in [-0.2, 0) is 10.8 Å². The highest BCUT2D eigenvalue weighted by Crippen LogP contribution is 2.66. The van der Waals surface area contributed by atoms with Crippen LogP contribution in [0, 0.1) is 0 Å². The van der Waals surface area contributed by atoms with Gasteiger partial charge in [0.2, 0.25) is 0 Å². The van der Waals surface area contributed by atoms with Gasteiger partial charge in [-0.15, -0.1) is 0 Å². The molecule has 3 heteroatoms. The van der Waals surface area contributed by atoms with E-state index in [9.17, 15) is 0 Å². The van der Waals surface area contributed by atoms with Crippen molar-refractivity contribution in [3.63, 3.8) is 0 Å². The molecule has 2 heterocycles. The van der Waals surface area contributed by atoms with Crippen molar-refractivity contribution in [3.05, 3.63) is 330 Å². The monoisotopic (exact) mass is 997 g/mol. The second kappa shape index (κ2) is 17.1. The summed E-state index contributed by atoms with van der Waals surface area (Å²) in [6, 6.07) is 106. The van der Waals surface area contributed by atoms with Crippen LogP contribution < -0.4 is 9.64 Å². The third kappa shape index (κ3) is 6.32. The maximum atomic E-state index is 6.80. The smallest absolute Gasteiger partial charge is 0.132 e. The van der Waals surface area contributed by atoms with Crippen LogP contribution in [0.15, 0.2) is 295 Å². The first kappa shape index (κ1) is 43.9. The number of nitrogens with zero attached hydrogens (tertiary/aromatic N) is 1. The first-order valence-corrected chi connectivity index (χ1v) is 27.4. The lowest BCUT2D eigenvalue weighted by molar-refractivity contribution is 0.436. The Hall–Kier alpha value is -9.41. The molecule has 0 radical (unpaired) electrons. The van der Waals surface area contributed by atoms with Gasteiger partial charge in [0.15, 0.2) is 0 Å². The van der Waals surface area contributed by atoms with E-state index in [1.807, 2.05) is 11.8 Å². The molecule has 0 bridgehead atoms. The molecular weight excluding hydrogens is 951 g/mol. The molecule has 0 aromatic heterocycles. The average Bonchev–Trinajstić information content (AvgIpc) is 4.19. The quantitative estimate of drug-likeness (QED) is 0.165. The number of anilines is 3. The van der Waals surface area contributed by atoms with Crippen molar-refractivity contribution in [1.29, 1.82) is 0 Å². The Bertz CT molecular complexity index is 4200. The molecule has 16 rings (SSSR count). The lowest BCUT2D eigenvalue weighted by Crippen LogP contribution is -2.32. The van der Waals surface area contributed by atoms with E-state index >= 15 is 0 Å². The van der Waals surface area contributed by atoms with Gasteiger partial charge in [-0.25, -0.2) is 0 Å². The fourth-order valence-corrected chi connectivity index (χ4v) is 14.9. The molecule has 0 N–H and O–H groups in total. The summed E-state index contributed by atoms with van der Waals surface area (Å²) in [5.41, 5.74) is 24.2. The van der Waals surface area contributed by atoms with Crippen molar-refractivity contribution in [2.75, 3.05) is 4.90 Å². The predicted octanol–water partition coefficient (Wildman–Crippen LogP) is 19.5. The van der Waals surface area contributed by atoms with E-state index in [0.29, 0.717) is 0 Å². The Kier molecular flexibility index (Phi) is 9.73. The maximum Gasteiger partial charge on any atom is 0.132 e. The van der Waals surface area contributed by atoms with Gasteiger partial charge in [-0.05, 0) is 156 Å². The molecule has 12 aromatic rings. The number of benzene rings is 12. The summed E-state index contributed by atoms with van der Waals surface area (Å²) in [7, 11) is 0. The molecule has 77 heavy (non-hydrogen) atoms. The molecule has 0 saturated heterocycles. The van der Waals surface area contributed by atoms with Crippen LogP contribution in [0.2, 0.25) is 0 Å². The van der Waals surface area contributed by atoms with Crippen molar-refractivity contribution in [2.45, 2.75) is 20.6 Å². The van der Waals surface area contributed by atoms with Gasteiger partial charge in [-0.3, -0.25) is 0 Å². The fourth-order valence-electron chi connectivity index (χ4n) is 13.7. The Morgan fingerprint density at radius 2 is 0.701 bits per heavy atom. The van der Waals surface area contributed by atoms with Crippen LogP contribution in [0.5, 0.6) is 11.5 Å². The second-order valence-corrected chi connectivity index (χ2v) is 21.7. The Labute approximate surface area is 453 Å². The highest BCUT2D eigenvalue weighted by molar-refractivity contribution is 7.99. The fraction of sp³-hybridized carbons (Fsp3) is 0.0270. The first-order valence-electron chi connectivity index (χ1n) is 26.6. The van der Waals surface area contributed by atoms with Gasteiger partial charge in [0.1, 0.15) is 11.5 Å². The van der Waals surface area contributed by atoms with Crippen LogP contribution in [-0.4, -0.2) is 0 Å². The van der Waals surface area contributed by atoms with Gasteiger partial charge in [-0.2, -0.15) is 0 Å². The zero-order chi connectivity index (χ0) is 50.7. The van der Waals surface area contributed by atoms with Crippen LogP contribution in [0.25, 0.3) is 55.6 Å². The summed E-state index contributed by atoms with van der Waals surface area (Å²) < 4.78 is 6.80. The van der Waals surface area contributed by atoms with Crippen LogP contribution >= 0.6 is 11.8 Å². The van der Waals surface area contributed by atoms with Gasteiger partial charge in [0, 0.05) is 37.9 Å². The molecule has 0 atom stereocenters. The van der Waals surface area contributed by atoms with Crippen LogP contribution in [0.1, 0.15) is 44.5 Å². The van der Waals surface area contributed by atoms with Crippen molar-refractivity contribution in [1.82, 2.24) is 0 Å². The molecule has 0 saturated carbocycles. The summed E-state index contributed by atoms with van der Waals surface area (Å²) in [5.74, 6) is 1.76. The molecule has 2 nitrogen and oxygen atoms in total. The maximum absolute atomic E-state index is 6.80. The van der Waals surface area contributed by atoms with E-state index in [1.54, 1.807) is 0 Å². The van der Waals surface area contributed by atoms with Crippen molar-refractivity contribution < 1.29 is 4.74 Å². The molecule has 0 unspecified atom stereocenters. The van der Waals surface area contributed by atoms with E-state index in [2.05, 4.69) is 290 Å². The molecule has 2 spiro atoms. The Morgan fingerprint density at radius 3 is 1.30 bits per heavy atom. The molecule has 2 aliphatic heterocycles. The van der Waals surface area contributed by atoms with Crippen molar-refractivity contribution in [3.8, 4) is 67.1 Å². The van der Waals surface area contributed by atoms with E-state index in [0.717, 1.165) is 45.3 Å². The average molecular weight is 998 g/mol. The minimum atomic E-state index is -0.633. The zero-order valence-electron chi connectivity index (χ0n) is 41.9. The van der Waals surface area contributed by atoms with Crippen molar-refractivity contribution in [2.24, 2.45) is 0 Å². The zero-order valence-corrected chi connectivity index (χ0v) is 42.7. The lowest BCUT2D eigenvalue weighted by atomic mass is 9.66. The van der Waals surface area contributed by atoms with Gasteiger partial charge < -0.3 is 9.64 Å². The SMILES string of the molecule is c1ccc(-c2cc(-c3ccccc3)cc(-c3ccc(N(c4ccc5c(c4)C4(c6ccccc6Oc6ccccc64)c4ccccc4-5)c4cccc5c4-c4ccccc4C54c5ccccc5Sc5ccccc54)cc3)c2)cc1. The van der Waals surface area contributed by atoms with Crippen LogP contribution in [0.4, 0.5) is 17.1 Å². The minimum Gasteiger partial charge on any atom is -0.457 e. The predicted molar refractivity (Wildman–Crippen MR) is 316 cm³/mol. The number of para-hydroxylation sites is 2. The molecule has 2 aliphatic carbocycles. The van der Waals surface area contributed by atoms with Crippen molar-refractivity contribution >= 4 is 28.8 Å². The minimum absolute atomic E-state index is 0.532. The third-order valence-electron chi connectivity index (χ3n) is 16.8. The van der Waals surface area contributed by atoms with E-state index in [4.69, 9.17) is 4.74 Å². The highest BCUT2D eigenvalue weighted by atomic mass is 32.2. The summed E-state index contributed by atoms with van der Waals surface area (Å²) in [6.45, 7) is 0. The number of rotatable bonds is 6. The molecule has 12 aromatic carbocycles. The van der Waals surface area contributed by atoms with Gasteiger partial charge in [0.25, 0.3) is 0 Å². The van der Waals surface area contributed by atoms with E-state index in [1.165, 1.54) is 93.2 Å². The van der Waals surface area contributed by atoms with Gasteiger partial charge in [-0.1, -0.05) is 224 Å². The standard InChI is InChI=1S/C74H47NOS/c1-3-20-48(21-4-1)51-44-52(49-22-5-2-6-23-49)46-53(45-51)50-38-40-54(41-39-50)75(55-42-43-57-56-24-7-9-26-59(56)73(66(57)47-55)61-28-11-15-34-68(61)76-69-35-16-12-29-62(69)73)67-33-19-32-65-72(67)58-25-8-10-27-60(58)74(65)63-30-13-17-36-70(63)77-71-37-18-14-31-64(71)74/h1-47H. The van der Waals surface area contributed by atoms with Crippen LogP contribution in [0.3, 0.4) is 0 Å². The second-order valence-electron chi connectivity index (χ2n) is 20.6.